The first-order chi connectivity index (χ1) is 12.4. The van der Waals surface area contributed by atoms with Gasteiger partial charge in [0.15, 0.2) is 0 Å². The Labute approximate surface area is 153 Å². The van der Waals surface area contributed by atoms with Gasteiger partial charge >= 0.3 is 6.09 Å². The molecule has 140 valence electrons. The molecule has 0 radical (unpaired) electrons. The van der Waals surface area contributed by atoms with Crippen LogP contribution in [0, 0.1) is 0 Å². The Hall–Kier alpha value is -2.32. The van der Waals surface area contributed by atoms with Crippen LogP contribution in [0.15, 0.2) is 41.3 Å². The normalized spacial score (nSPS) is 18.0. The summed E-state index contributed by atoms with van der Waals surface area (Å²) in [6.45, 7) is 2.44. The van der Waals surface area contributed by atoms with Gasteiger partial charge in [0, 0.05) is 23.0 Å². The summed E-state index contributed by atoms with van der Waals surface area (Å²) in [5, 5.41) is 1.24. The number of nitrogens with two attached hydrogens (primary N) is 1. The first-order valence-corrected chi connectivity index (χ1v) is 10.2. The molecule has 0 saturated carbocycles. The Balaban J connectivity index is 1.93. The largest absolute Gasteiger partial charge is 0.450 e. The smallest absolute Gasteiger partial charge is 0.411 e. The predicted octanol–water partition coefficient (Wildman–Crippen LogP) is 2.67. The van der Waals surface area contributed by atoms with Crippen molar-refractivity contribution in [2.24, 2.45) is 0 Å². The fourth-order valence-corrected chi connectivity index (χ4v) is 4.70. The quantitative estimate of drug-likeness (QED) is 0.798. The summed E-state index contributed by atoms with van der Waals surface area (Å²) in [5.41, 5.74) is 6.48. The van der Waals surface area contributed by atoms with Crippen LogP contribution in [-0.4, -0.2) is 38.7 Å². The molecule has 1 unspecified atom stereocenters. The number of carbonyl (C=O) groups is 1. The zero-order valence-electron chi connectivity index (χ0n) is 14.6. The lowest BCUT2D eigenvalue weighted by molar-refractivity contribution is 0.0741. The van der Waals surface area contributed by atoms with Crippen molar-refractivity contribution in [3.63, 3.8) is 0 Å². The third-order valence-electron chi connectivity index (χ3n) is 4.50. The lowest BCUT2D eigenvalue weighted by atomic mass is 10.1. The van der Waals surface area contributed by atoms with E-state index in [1.165, 1.54) is 11.0 Å². The molecule has 1 atom stereocenters. The van der Waals surface area contributed by atoms with Crippen LogP contribution >= 0.6 is 0 Å². The first kappa shape index (κ1) is 18.5. The van der Waals surface area contributed by atoms with Gasteiger partial charge in [0.25, 0.3) is 0 Å². The number of piperidine rings is 1. The standard InChI is InChI=1S/C18H23N3O4S/c1-2-25-18(22)21-12-6-5-9-17(21)20-26(23,24)16-11-10-15(19)13-7-3-4-8-14(13)16/h3-4,7-8,10-11,17,20H,2,5-6,9,12,19H2,1H3. The van der Waals surface area contributed by atoms with Crippen LogP contribution in [-0.2, 0) is 14.8 Å². The highest BCUT2D eigenvalue weighted by atomic mass is 32.2. The number of rotatable bonds is 4. The number of nitrogen functional groups attached to an aromatic ring is 1. The number of fused-ring (bicyclic) bond motifs is 1. The second-order valence-corrected chi connectivity index (χ2v) is 7.91. The van der Waals surface area contributed by atoms with E-state index in [-0.39, 0.29) is 11.5 Å². The summed E-state index contributed by atoms with van der Waals surface area (Å²) >= 11 is 0. The number of sulfonamides is 1. The van der Waals surface area contributed by atoms with E-state index in [9.17, 15) is 13.2 Å². The topological polar surface area (TPSA) is 102 Å². The van der Waals surface area contributed by atoms with Gasteiger partial charge in [-0.3, -0.25) is 4.90 Å². The maximum Gasteiger partial charge on any atom is 0.411 e. The highest BCUT2D eigenvalue weighted by molar-refractivity contribution is 7.89. The van der Waals surface area contributed by atoms with Gasteiger partial charge in [-0.25, -0.2) is 13.2 Å². The average Bonchev–Trinajstić information content (AvgIpc) is 2.62. The summed E-state index contributed by atoms with van der Waals surface area (Å²) in [5.74, 6) is 0. The fraction of sp³-hybridized carbons (Fsp3) is 0.389. The van der Waals surface area contributed by atoms with Crippen molar-refractivity contribution in [1.82, 2.24) is 9.62 Å². The van der Waals surface area contributed by atoms with Gasteiger partial charge in [-0.15, -0.1) is 0 Å². The number of hydrogen-bond acceptors (Lipinski definition) is 5. The predicted molar refractivity (Wildman–Crippen MR) is 100 cm³/mol. The van der Waals surface area contributed by atoms with Gasteiger partial charge in [-0.1, -0.05) is 24.3 Å². The molecule has 1 saturated heterocycles. The molecular formula is C18H23N3O4S. The highest BCUT2D eigenvalue weighted by Crippen LogP contribution is 2.28. The van der Waals surface area contributed by atoms with Gasteiger partial charge in [-0.2, -0.15) is 4.72 Å². The van der Waals surface area contributed by atoms with E-state index in [0.29, 0.717) is 29.4 Å². The molecule has 7 nitrogen and oxygen atoms in total. The molecule has 0 spiro atoms. The molecule has 1 aliphatic rings. The number of nitrogens with zero attached hydrogens (tertiary/aromatic N) is 1. The minimum Gasteiger partial charge on any atom is -0.450 e. The van der Waals surface area contributed by atoms with E-state index >= 15 is 0 Å². The van der Waals surface area contributed by atoms with Crippen LogP contribution in [0.5, 0.6) is 0 Å². The molecule has 1 fully saturated rings. The van der Waals surface area contributed by atoms with Gasteiger partial charge < -0.3 is 10.5 Å². The van der Waals surface area contributed by atoms with Crippen molar-refractivity contribution >= 4 is 32.6 Å². The maximum absolute atomic E-state index is 13.0. The molecule has 1 amide bonds. The van der Waals surface area contributed by atoms with Crippen molar-refractivity contribution in [3.8, 4) is 0 Å². The Bertz CT molecular complexity index is 914. The number of anilines is 1. The molecule has 3 N–H and O–H groups in total. The second kappa shape index (κ2) is 7.51. The molecular weight excluding hydrogens is 354 g/mol. The van der Waals surface area contributed by atoms with Crippen LogP contribution in [0.1, 0.15) is 26.2 Å². The molecule has 1 heterocycles. The molecule has 1 aliphatic heterocycles. The van der Waals surface area contributed by atoms with Crippen molar-refractivity contribution in [3.05, 3.63) is 36.4 Å². The molecule has 3 rings (SSSR count). The van der Waals surface area contributed by atoms with Crippen LogP contribution in [0.4, 0.5) is 10.5 Å². The summed E-state index contributed by atoms with van der Waals surface area (Å²) < 4.78 is 33.8. The number of carbonyl (C=O) groups excluding carboxylic acids is 1. The Morgan fingerprint density at radius 1 is 1.23 bits per heavy atom. The number of benzene rings is 2. The highest BCUT2D eigenvalue weighted by Gasteiger charge is 2.32. The van der Waals surface area contributed by atoms with Crippen LogP contribution < -0.4 is 10.5 Å². The summed E-state index contributed by atoms with van der Waals surface area (Å²) in [4.78, 5) is 13.7. The summed E-state index contributed by atoms with van der Waals surface area (Å²) in [7, 11) is -3.84. The van der Waals surface area contributed by atoms with E-state index in [1.54, 1.807) is 31.2 Å². The van der Waals surface area contributed by atoms with Crippen molar-refractivity contribution in [2.45, 2.75) is 37.2 Å². The maximum atomic E-state index is 13.0. The molecule has 8 heteroatoms. The number of likely N-dealkylation sites (tertiary alicyclic amines) is 1. The van der Waals surface area contributed by atoms with Gasteiger partial charge in [0.05, 0.1) is 17.7 Å². The van der Waals surface area contributed by atoms with Gasteiger partial charge in [0.2, 0.25) is 10.0 Å². The molecule has 0 aliphatic carbocycles. The van der Waals surface area contributed by atoms with Gasteiger partial charge in [-0.05, 0) is 38.3 Å². The number of ether oxygens (including phenoxy) is 1. The molecule has 0 aromatic heterocycles. The SMILES string of the molecule is CCOC(=O)N1CCCCC1NS(=O)(=O)c1ccc(N)c2ccccc12. The van der Waals surface area contributed by atoms with E-state index in [4.69, 9.17) is 10.5 Å². The van der Waals surface area contributed by atoms with Crippen LogP contribution in [0.3, 0.4) is 0 Å². The minimum absolute atomic E-state index is 0.150. The zero-order valence-corrected chi connectivity index (χ0v) is 15.5. The number of hydrogen-bond donors (Lipinski definition) is 2. The Morgan fingerprint density at radius 2 is 1.96 bits per heavy atom. The summed E-state index contributed by atoms with van der Waals surface area (Å²) in [6.07, 6.45) is 1.09. The monoisotopic (exact) mass is 377 g/mol. The van der Waals surface area contributed by atoms with Crippen LogP contribution in [0.2, 0.25) is 0 Å². The Morgan fingerprint density at radius 3 is 2.69 bits per heavy atom. The second-order valence-electron chi connectivity index (χ2n) is 6.22. The van der Waals surface area contributed by atoms with Crippen molar-refractivity contribution in [2.75, 3.05) is 18.9 Å². The van der Waals surface area contributed by atoms with Gasteiger partial charge in [0.1, 0.15) is 0 Å². The van der Waals surface area contributed by atoms with E-state index in [2.05, 4.69) is 4.72 Å². The molecule has 2 aromatic rings. The lowest BCUT2D eigenvalue weighted by Crippen LogP contribution is -2.53. The lowest BCUT2D eigenvalue weighted by Gasteiger charge is -2.35. The molecule has 2 aromatic carbocycles. The number of amides is 1. The third-order valence-corrected chi connectivity index (χ3v) is 6.02. The number of nitrogens with one attached hydrogen (secondary N) is 1. The van der Waals surface area contributed by atoms with Crippen molar-refractivity contribution in [1.29, 1.82) is 0 Å². The average molecular weight is 377 g/mol. The third kappa shape index (κ3) is 3.61. The van der Waals surface area contributed by atoms with Crippen molar-refractivity contribution < 1.29 is 17.9 Å². The van der Waals surface area contributed by atoms with E-state index < -0.39 is 22.3 Å². The molecule has 26 heavy (non-hydrogen) atoms. The Kier molecular flexibility index (Phi) is 5.33. The van der Waals surface area contributed by atoms with E-state index in [1.807, 2.05) is 6.07 Å². The minimum atomic E-state index is -3.84. The molecule has 0 bridgehead atoms. The summed E-state index contributed by atoms with van der Waals surface area (Å²) in [6, 6.07) is 10.2. The fourth-order valence-electron chi connectivity index (χ4n) is 3.25. The van der Waals surface area contributed by atoms with E-state index in [0.717, 1.165) is 12.8 Å². The zero-order chi connectivity index (χ0) is 18.7. The first-order valence-electron chi connectivity index (χ1n) is 8.67. The van der Waals surface area contributed by atoms with Crippen LogP contribution in [0.25, 0.3) is 10.8 Å².